The molecule has 0 amide bonds. The fraction of sp³-hybridized carbons (Fsp3) is 0.182. The van der Waals surface area contributed by atoms with Crippen LogP contribution in [0.1, 0.15) is 43.5 Å². The third kappa shape index (κ3) is 4.79. The highest BCUT2D eigenvalue weighted by Gasteiger charge is 2.20. The molecule has 1 unspecified atom stereocenters. The summed E-state index contributed by atoms with van der Waals surface area (Å²) in [6.45, 7) is 5.96. The number of halogens is 2. The Morgan fingerprint density at radius 1 is 1.19 bits per heavy atom. The maximum atomic E-state index is 13.5. The molecule has 0 bridgehead atoms. The van der Waals surface area contributed by atoms with Gasteiger partial charge in [0.15, 0.2) is 0 Å². The monoisotopic (exact) mass is 385 g/mol. The van der Waals surface area contributed by atoms with Crippen LogP contribution in [-0.4, -0.2) is 0 Å². The van der Waals surface area contributed by atoms with E-state index in [-0.39, 0.29) is 11.1 Å². The van der Waals surface area contributed by atoms with Crippen molar-refractivity contribution in [1.82, 2.24) is 5.32 Å². The minimum absolute atomic E-state index is 0.113. The van der Waals surface area contributed by atoms with Crippen LogP contribution in [0.3, 0.4) is 0 Å². The molecule has 0 saturated heterocycles. The largest absolute Gasteiger partial charge is 0.380 e. The van der Waals surface area contributed by atoms with Gasteiger partial charge in [0.25, 0.3) is 0 Å². The van der Waals surface area contributed by atoms with E-state index in [1.165, 1.54) is 6.07 Å². The molecule has 2 aromatic rings. The number of benzene rings is 2. The number of rotatable bonds is 4. The van der Waals surface area contributed by atoms with Gasteiger partial charge in [-0.1, -0.05) is 55.8 Å². The highest BCUT2D eigenvalue weighted by Crippen LogP contribution is 2.35. The van der Waals surface area contributed by atoms with Crippen LogP contribution >= 0.6 is 11.6 Å². The third-order valence-electron chi connectivity index (χ3n) is 4.11. The van der Waals surface area contributed by atoms with Crippen LogP contribution < -0.4 is 16.6 Å². The summed E-state index contributed by atoms with van der Waals surface area (Å²) < 4.78 is 13.5. The fourth-order valence-electron chi connectivity index (χ4n) is 2.91. The van der Waals surface area contributed by atoms with Crippen LogP contribution in [0.5, 0.6) is 0 Å². The number of nitrogens with two attached hydrogens (primary N) is 1. The molecule has 0 aromatic heterocycles. The smallest absolute Gasteiger partial charge is 0.141 e. The van der Waals surface area contributed by atoms with Gasteiger partial charge in [0.1, 0.15) is 5.82 Å². The minimum atomic E-state index is -0.420. The lowest BCUT2D eigenvalue weighted by atomic mass is 9.90. The summed E-state index contributed by atoms with van der Waals surface area (Å²) in [6.07, 6.45) is 9.82. The molecule has 0 spiro atoms. The average molecular weight is 386 g/mol. The van der Waals surface area contributed by atoms with Gasteiger partial charge in [-0.3, -0.25) is 5.84 Å². The molecule has 0 saturated carbocycles. The lowest BCUT2D eigenvalue weighted by Crippen LogP contribution is -2.19. The van der Waals surface area contributed by atoms with Gasteiger partial charge in [0.2, 0.25) is 0 Å². The number of allylic oxidation sites excluding steroid dienone is 3. The van der Waals surface area contributed by atoms with Gasteiger partial charge >= 0.3 is 0 Å². The lowest BCUT2D eigenvalue weighted by molar-refractivity contribution is 0.626. The van der Waals surface area contributed by atoms with E-state index < -0.39 is 5.82 Å². The summed E-state index contributed by atoms with van der Waals surface area (Å²) >= 11 is 5.96. The van der Waals surface area contributed by atoms with Crippen LogP contribution in [-0.2, 0) is 0 Å². The molecule has 1 aliphatic heterocycles. The highest BCUT2D eigenvalue weighted by atomic mass is 35.5. The summed E-state index contributed by atoms with van der Waals surface area (Å²) in [5.41, 5.74) is 7.57. The van der Waals surface area contributed by atoms with Crippen LogP contribution in [0.4, 0.5) is 10.1 Å². The second-order valence-electron chi connectivity index (χ2n) is 5.70. The number of hydrazine groups is 1. The molecule has 1 atom stereocenters. The summed E-state index contributed by atoms with van der Waals surface area (Å²) in [5, 5.41) is 3.44. The van der Waals surface area contributed by atoms with E-state index in [0.29, 0.717) is 0 Å². The number of hydrogen-bond acceptors (Lipinski definition) is 3. The molecule has 142 valence electrons. The number of hydrogen-bond donors (Lipinski definition) is 3. The first-order valence-electron chi connectivity index (χ1n) is 8.95. The molecular formula is C22H25ClFN3. The van der Waals surface area contributed by atoms with Crippen LogP contribution in [0.15, 0.2) is 60.8 Å². The van der Waals surface area contributed by atoms with Gasteiger partial charge < -0.3 is 10.7 Å². The van der Waals surface area contributed by atoms with Gasteiger partial charge in [0.05, 0.1) is 16.8 Å². The van der Waals surface area contributed by atoms with Crippen molar-refractivity contribution in [3.05, 3.63) is 88.4 Å². The molecule has 1 heterocycles. The van der Waals surface area contributed by atoms with E-state index in [2.05, 4.69) is 16.8 Å². The minimum Gasteiger partial charge on any atom is -0.380 e. The number of nitrogens with one attached hydrogen (secondary N) is 2. The Bertz CT molecular complexity index is 872. The SMILES string of the molecule is C/C=C\c1cc(C2=CC=CNC2c2ccc(F)c(Cl)c2)ccc1NN.CC. The zero-order valence-electron chi connectivity index (χ0n) is 15.8. The molecule has 0 radical (unpaired) electrons. The quantitative estimate of drug-likeness (QED) is 0.442. The Hall–Kier alpha value is -2.56. The molecule has 27 heavy (non-hydrogen) atoms. The zero-order chi connectivity index (χ0) is 19.8. The van der Waals surface area contributed by atoms with Gasteiger partial charge in [0, 0.05) is 0 Å². The molecule has 2 aromatic carbocycles. The maximum Gasteiger partial charge on any atom is 0.141 e. The Morgan fingerprint density at radius 3 is 2.63 bits per heavy atom. The topological polar surface area (TPSA) is 50.1 Å². The molecule has 0 fully saturated rings. The number of dihydropyridines is 1. The Labute approximate surface area is 165 Å². The Kier molecular flexibility index (Phi) is 7.65. The van der Waals surface area contributed by atoms with Crippen molar-refractivity contribution in [3.63, 3.8) is 0 Å². The van der Waals surface area contributed by atoms with Gasteiger partial charge in [-0.25, -0.2) is 4.39 Å². The van der Waals surface area contributed by atoms with Crippen molar-refractivity contribution in [1.29, 1.82) is 0 Å². The average Bonchev–Trinajstić information content (AvgIpc) is 2.72. The predicted octanol–water partition coefficient (Wildman–Crippen LogP) is 6.07. The number of anilines is 1. The summed E-state index contributed by atoms with van der Waals surface area (Å²) in [6, 6.07) is 10.7. The first kappa shape index (κ1) is 20.7. The maximum absolute atomic E-state index is 13.5. The van der Waals surface area contributed by atoms with E-state index in [0.717, 1.165) is 28.0 Å². The molecule has 4 N–H and O–H groups in total. The lowest BCUT2D eigenvalue weighted by Gasteiger charge is -2.25. The second kappa shape index (κ2) is 9.95. The molecule has 3 nitrogen and oxygen atoms in total. The normalized spacial score (nSPS) is 15.6. The van der Waals surface area contributed by atoms with Crippen molar-refractivity contribution in [2.45, 2.75) is 26.8 Å². The zero-order valence-corrected chi connectivity index (χ0v) is 16.5. The Balaban J connectivity index is 0.00000126. The predicted molar refractivity (Wildman–Crippen MR) is 115 cm³/mol. The van der Waals surface area contributed by atoms with E-state index in [9.17, 15) is 4.39 Å². The highest BCUT2D eigenvalue weighted by molar-refractivity contribution is 6.30. The van der Waals surface area contributed by atoms with Crippen molar-refractivity contribution in [2.75, 3.05) is 5.43 Å². The van der Waals surface area contributed by atoms with Crippen molar-refractivity contribution in [2.24, 2.45) is 5.84 Å². The Morgan fingerprint density at radius 2 is 1.96 bits per heavy atom. The van der Waals surface area contributed by atoms with Crippen molar-refractivity contribution >= 4 is 28.9 Å². The first-order chi connectivity index (χ1) is 13.1. The standard InChI is InChI=1S/C20H19ClFN3.C2H6/c1-2-4-14-11-13(7-9-19(14)25-23)16-5-3-10-24-20(16)15-6-8-18(22)17(21)12-15;1-2/h2-12,20,24-25H,23H2,1H3;1-2H3/b4-2-;. The van der Waals surface area contributed by atoms with Crippen molar-refractivity contribution < 1.29 is 4.39 Å². The summed E-state index contributed by atoms with van der Waals surface area (Å²) in [4.78, 5) is 0. The van der Waals surface area contributed by atoms with Gasteiger partial charge in [-0.05, 0) is 65.7 Å². The molecule has 3 rings (SSSR count). The van der Waals surface area contributed by atoms with Crippen LogP contribution in [0, 0.1) is 5.82 Å². The second-order valence-corrected chi connectivity index (χ2v) is 6.11. The van der Waals surface area contributed by atoms with E-state index in [4.69, 9.17) is 17.4 Å². The fourth-order valence-corrected chi connectivity index (χ4v) is 3.10. The summed E-state index contributed by atoms with van der Waals surface area (Å²) in [5.74, 6) is 5.17. The van der Waals surface area contributed by atoms with Crippen LogP contribution in [0.25, 0.3) is 11.6 Å². The van der Waals surface area contributed by atoms with Gasteiger partial charge in [-0.15, -0.1) is 0 Å². The third-order valence-corrected chi connectivity index (χ3v) is 4.40. The van der Waals surface area contributed by atoms with E-state index >= 15 is 0 Å². The summed E-state index contributed by atoms with van der Waals surface area (Å²) in [7, 11) is 0. The van der Waals surface area contributed by atoms with Gasteiger partial charge in [-0.2, -0.15) is 0 Å². The van der Waals surface area contributed by atoms with E-state index in [1.54, 1.807) is 12.1 Å². The van der Waals surface area contributed by atoms with Crippen LogP contribution in [0.2, 0.25) is 5.02 Å². The van der Waals surface area contributed by atoms with E-state index in [1.807, 2.05) is 63.4 Å². The first-order valence-corrected chi connectivity index (χ1v) is 9.33. The molecule has 1 aliphatic rings. The number of nitrogen functional groups attached to an aromatic ring is 1. The molecular weight excluding hydrogens is 361 g/mol. The van der Waals surface area contributed by atoms with Crippen molar-refractivity contribution in [3.8, 4) is 0 Å². The molecule has 0 aliphatic carbocycles. The molecule has 5 heteroatoms.